The number of carbonyl (C=O) groups excluding carboxylic acids is 1. The molecule has 0 atom stereocenters. The third-order valence-corrected chi connectivity index (χ3v) is 3.22. The predicted molar refractivity (Wildman–Crippen MR) is 81.9 cm³/mol. The van der Waals surface area contributed by atoms with Crippen LogP contribution in [0.1, 0.15) is 16.1 Å². The van der Waals surface area contributed by atoms with E-state index in [1.807, 2.05) is 35.7 Å². The third-order valence-electron chi connectivity index (χ3n) is 3.22. The standard InChI is InChI=1S/C16H14N4O2/c1-11-15(20-10-4-3-5-14(20)17-11)19-18-13-8-6-12(7-9-13)16(21)22-2/h3-10H,1-2H3. The summed E-state index contributed by atoms with van der Waals surface area (Å²) in [5, 5.41) is 8.47. The Labute approximate surface area is 127 Å². The molecule has 0 aliphatic heterocycles. The number of rotatable bonds is 3. The third kappa shape index (κ3) is 2.58. The van der Waals surface area contributed by atoms with Crippen LogP contribution in [0.25, 0.3) is 5.65 Å². The van der Waals surface area contributed by atoms with Gasteiger partial charge < -0.3 is 4.74 Å². The fourth-order valence-corrected chi connectivity index (χ4v) is 2.11. The topological polar surface area (TPSA) is 68.3 Å². The molecule has 2 heterocycles. The maximum absolute atomic E-state index is 11.4. The minimum Gasteiger partial charge on any atom is -0.465 e. The van der Waals surface area contributed by atoms with Crippen molar-refractivity contribution in [2.45, 2.75) is 6.92 Å². The summed E-state index contributed by atoms with van der Waals surface area (Å²) >= 11 is 0. The van der Waals surface area contributed by atoms with Crippen molar-refractivity contribution in [3.8, 4) is 0 Å². The van der Waals surface area contributed by atoms with Crippen LogP contribution in [0.2, 0.25) is 0 Å². The highest BCUT2D eigenvalue weighted by Gasteiger charge is 2.07. The number of imidazole rings is 1. The molecule has 1 aromatic carbocycles. The Hall–Kier alpha value is -3.02. The van der Waals surface area contributed by atoms with Crippen molar-refractivity contribution in [1.29, 1.82) is 0 Å². The highest BCUT2D eigenvalue weighted by atomic mass is 16.5. The van der Waals surface area contributed by atoms with Gasteiger partial charge in [0.25, 0.3) is 0 Å². The minimum absolute atomic E-state index is 0.374. The molecule has 0 saturated heterocycles. The number of azo groups is 1. The van der Waals surface area contributed by atoms with Crippen molar-refractivity contribution in [1.82, 2.24) is 9.38 Å². The number of pyridine rings is 1. The number of methoxy groups -OCH3 is 1. The minimum atomic E-state index is -0.374. The van der Waals surface area contributed by atoms with E-state index in [1.165, 1.54) is 7.11 Å². The van der Waals surface area contributed by atoms with E-state index >= 15 is 0 Å². The molecule has 0 fully saturated rings. The average molecular weight is 294 g/mol. The number of aromatic nitrogens is 2. The van der Waals surface area contributed by atoms with Crippen LogP contribution >= 0.6 is 0 Å². The Morgan fingerprint density at radius 2 is 1.91 bits per heavy atom. The van der Waals surface area contributed by atoms with E-state index in [0.29, 0.717) is 17.1 Å². The van der Waals surface area contributed by atoms with Crippen molar-refractivity contribution in [3.05, 3.63) is 59.9 Å². The summed E-state index contributed by atoms with van der Waals surface area (Å²) in [5.74, 6) is 0.314. The maximum atomic E-state index is 11.4. The quantitative estimate of drug-likeness (QED) is 0.544. The SMILES string of the molecule is COC(=O)c1ccc(N=Nc2c(C)nc3ccccn23)cc1. The Balaban J connectivity index is 1.90. The first-order chi connectivity index (χ1) is 10.7. The van der Waals surface area contributed by atoms with Crippen LogP contribution in [0.15, 0.2) is 58.9 Å². The van der Waals surface area contributed by atoms with E-state index < -0.39 is 0 Å². The molecular formula is C16H14N4O2. The molecule has 22 heavy (non-hydrogen) atoms. The molecule has 3 rings (SSSR count). The first-order valence-corrected chi connectivity index (χ1v) is 6.73. The van der Waals surface area contributed by atoms with Gasteiger partial charge in [0.1, 0.15) is 5.65 Å². The second-order valence-corrected chi connectivity index (χ2v) is 4.69. The highest BCUT2D eigenvalue weighted by Crippen LogP contribution is 2.23. The molecule has 0 aliphatic rings. The lowest BCUT2D eigenvalue weighted by atomic mass is 10.2. The zero-order valence-electron chi connectivity index (χ0n) is 12.2. The van der Waals surface area contributed by atoms with Crippen LogP contribution in [0, 0.1) is 6.92 Å². The lowest BCUT2D eigenvalue weighted by molar-refractivity contribution is 0.0601. The first-order valence-electron chi connectivity index (χ1n) is 6.73. The van der Waals surface area contributed by atoms with Gasteiger partial charge in [-0.2, -0.15) is 0 Å². The summed E-state index contributed by atoms with van der Waals surface area (Å²) in [6, 6.07) is 12.5. The molecular weight excluding hydrogens is 280 g/mol. The average Bonchev–Trinajstić information content (AvgIpc) is 2.88. The summed E-state index contributed by atoms with van der Waals surface area (Å²) in [4.78, 5) is 15.8. The van der Waals surface area contributed by atoms with Crippen molar-refractivity contribution in [2.24, 2.45) is 10.2 Å². The van der Waals surface area contributed by atoms with Crippen molar-refractivity contribution < 1.29 is 9.53 Å². The summed E-state index contributed by atoms with van der Waals surface area (Å²) in [6.45, 7) is 1.89. The van der Waals surface area contributed by atoms with Gasteiger partial charge in [0, 0.05) is 6.20 Å². The fraction of sp³-hybridized carbons (Fsp3) is 0.125. The molecule has 0 spiro atoms. The molecule has 0 N–H and O–H groups in total. The molecule has 0 unspecified atom stereocenters. The second-order valence-electron chi connectivity index (χ2n) is 4.69. The molecule has 110 valence electrons. The number of aryl methyl sites for hydroxylation is 1. The Morgan fingerprint density at radius 3 is 2.64 bits per heavy atom. The van der Waals surface area contributed by atoms with E-state index in [-0.39, 0.29) is 5.97 Å². The van der Waals surface area contributed by atoms with Crippen LogP contribution in [0.3, 0.4) is 0 Å². The fourth-order valence-electron chi connectivity index (χ4n) is 2.11. The van der Waals surface area contributed by atoms with Crippen LogP contribution in [-0.4, -0.2) is 22.5 Å². The van der Waals surface area contributed by atoms with Crippen LogP contribution in [0.5, 0.6) is 0 Å². The Kier molecular flexibility index (Phi) is 3.65. The van der Waals surface area contributed by atoms with E-state index in [0.717, 1.165) is 11.3 Å². The van der Waals surface area contributed by atoms with Crippen LogP contribution in [-0.2, 0) is 4.74 Å². The van der Waals surface area contributed by atoms with Gasteiger partial charge in [0.05, 0.1) is 24.1 Å². The Bertz CT molecular complexity index is 850. The second kappa shape index (κ2) is 5.77. The summed E-state index contributed by atoms with van der Waals surface area (Å²) in [5.41, 5.74) is 2.77. The molecule has 0 saturated carbocycles. The highest BCUT2D eigenvalue weighted by molar-refractivity contribution is 5.89. The number of benzene rings is 1. The number of esters is 1. The number of hydrogen-bond acceptors (Lipinski definition) is 5. The van der Waals surface area contributed by atoms with Crippen molar-refractivity contribution in [3.63, 3.8) is 0 Å². The molecule has 0 radical (unpaired) electrons. The number of carbonyl (C=O) groups is 1. The van der Waals surface area contributed by atoms with E-state index in [2.05, 4.69) is 19.9 Å². The van der Waals surface area contributed by atoms with Crippen molar-refractivity contribution >= 4 is 23.1 Å². The molecule has 6 nitrogen and oxygen atoms in total. The van der Waals surface area contributed by atoms with Gasteiger partial charge in [0.2, 0.25) is 0 Å². The van der Waals surface area contributed by atoms with Gasteiger partial charge in [-0.05, 0) is 43.3 Å². The summed E-state index contributed by atoms with van der Waals surface area (Å²) in [7, 11) is 1.35. The molecule has 0 bridgehead atoms. The van der Waals surface area contributed by atoms with Crippen LogP contribution < -0.4 is 0 Å². The first kappa shape index (κ1) is 13.9. The Morgan fingerprint density at radius 1 is 1.14 bits per heavy atom. The van der Waals surface area contributed by atoms with Gasteiger partial charge in [-0.25, -0.2) is 9.78 Å². The lowest BCUT2D eigenvalue weighted by Crippen LogP contribution is -1.99. The summed E-state index contributed by atoms with van der Waals surface area (Å²) in [6.07, 6.45) is 1.89. The van der Waals surface area contributed by atoms with Gasteiger partial charge >= 0.3 is 5.97 Å². The summed E-state index contributed by atoms with van der Waals surface area (Å²) < 4.78 is 6.53. The van der Waals surface area contributed by atoms with E-state index in [1.54, 1.807) is 24.3 Å². The number of fused-ring (bicyclic) bond motifs is 1. The van der Waals surface area contributed by atoms with Gasteiger partial charge in [-0.15, -0.1) is 10.2 Å². The lowest BCUT2D eigenvalue weighted by Gasteiger charge is -1.99. The number of nitrogens with zero attached hydrogens (tertiary/aromatic N) is 4. The normalized spacial score (nSPS) is 11.2. The van der Waals surface area contributed by atoms with Gasteiger partial charge in [-0.1, -0.05) is 6.07 Å². The molecule has 0 amide bonds. The maximum Gasteiger partial charge on any atom is 0.337 e. The molecule has 0 aliphatic carbocycles. The van der Waals surface area contributed by atoms with Gasteiger partial charge in [-0.3, -0.25) is 4.40 Å². The van der Waals surface area contributed by atoms with E-state index in [9.17, 15) is 4.79 Å². The zero-order valence-corrected chi connectivity index (χ0v) is 12.2. The number of ether oxygens (including phenoxy) is 1. The zero-order chi connectivity index (χ0) is 15.5. The van der Waals surface area contributed by atoms with E-state index in [4.69, 9.17) is 0 Å². The smallest absolute Gasteiger partial charge is 0.337 e. The molecule has 3 aromatic rings. The monoisotopic (exact) mass is 294 g/mol. The number of hydrogen-bond donors (Lipinski definition) is 0. The predicted octanol–water partition coefficient (Wildman–Crippen LogP) is 3.84. The van der Waals surface area contributed by atoms with Crippen LogP contribution in [0.4, 0.5) is 11.5 Å². The van der Waals surface area contributed by atoms with Gasteiger partial charge in [0.15, 0.2) is 5.82 Å². The van der Waals surface area contributed by atoms with Crippen molar-refractivity contribution in [2.75, 3.05) is 7.11 Å². The molecule has 6 heteroatoms. The largest absolute Gasteiger partial charge is 0.465 e. The molecule has 2 aromatic heterocycles.